The highest BCUT2D eigenvalue weighted by Crippen LogP contribution is 2.28. The van der Waals surface area contributed by atoms with Crippen LogP contribution in [-0.4, -0.2) is 49.3 Å². The van der Waals surface area contributed by atoms with E-state index in [1.165, 1.54) is 16.7 Å². The van der Waals surface area contributed by atoms with E-state index in [-0.39, 0.29) is 11.9 Å². The van der Waals surface area contributed by atoms with E-state index in [9.17, 15) is 9.59 Å². The van der Waals surface area contributed by atoms with Crippen molar-refractivity contribution in [3.63, 3.8) is 0 Å². The van der Waals surface area contributed by atoms with Crippen molar-refractivity contribution in [3.05, 3.63) is 12.2 Å². The number of carboxylic acids is 1. The van der Waals surface area contributed by atoms with Crippen LogP contribution in [0.1, 0.15) is 12.7 Å². The molecule has 0 aromatic carbocycles. The van der Waals surface area contributed by atoms with Crippen LogP contribution >= 0.6 is 11.8 Å². The second kappa shape index (κ2) is 5.25. The number of aliphatic carboxylic acids is 1. The number of carbonyl (C=O) groups excluding carboxylic acids is 1. The largest absolute Gasteiger partial charge is 0.480 e. The van der Waals surface area contributed by atoms with E-state index in [0.717, 1.165) is 6.39 Å². The van der Waals surface area contributed by atoms with E-state index >= 15 is 0 Å². The maximum Gasteiger partial charge on any atom is 0.327 e. The summed E-state index contributed by atoms with van der Waals surface area (Å²) in [5.74, 6) is -0.261. The number of nitrogens with one attached hydrogen (secondary N) is 1. The van der Waals surface area contributed by atoms with Gasteiger partial charge in [0.2, 0.25) is 6.39 Å². The SMILES string of the molecule is CC1SCC(C(=O)O)N1C(=O)NCc1ncon1. The molecule has 1 aromatic rings. The number of carbonyl (C=O) groups is 2. The normalized spacial score (nSPS) is 23.1. The zero-order valence-electron chi connectivity index (χ0n) is 9.57. The van der Waals surface area contributed by atoms with Crippen molar-refractivity contribution in [2.75, 3.05) is 5.75 Å². The molecule has 18 heavy (non-hydrogen) atoms. The van der Waals surface area contributed by atoms with Crippen LogP contribution in [-0.2, 0) is 11.3 Å². The van der Waals surface area contributed by atoms with Gasteiger partial charge in [0.05, 0.1) is 11.9 Å². The van der Waals surface area contributed by atoms with Crippen molar-refractivity contribution in [3.8, 4) is 0 Å². The number of aromatic nitrogens is 2. The summed E-state index contributed by atoms with van der Waals surface area (Å²) in [5.41, 5.74) is 0. The second-order valence-electron chi connectivity index (χ2n) is 3.70. The van der Waals surface area contributed by atoms with Gasteiger partial charge in [0.1, 0.15) is 6.04 Å². The quantitative estimate of drug-likeness (QED) is 0.804. The lowest BCUT2D eigenvalue weighted by Gasteiger charge is -2.24. The number of hydrogen-bond donors (Lipinski definition) is 2. The Hall–Kier alpha value is -1.77. The van der Waals surface area contributed by atoms with Gasteiger partial charge in [-0.2, -0.15) is 4.98 Å². The Morgan fingerprint density at radius 3 is 3.11 bits per heavy atom. The van der Waals surface area contributed by atoms with Crippen LogP contribution < -0.4 is 5.32 Å². The molecular weight excluding hydrogens is 260 g/mol. The summed E-state index contributed by atoms with van der Waals surface area (Å²) in [4.78, 5) is 28.0. The fraction of sp³-hybridized carbons (Fsp3) is 0.556. The Labute approximate surface area is 107 Å². The predicted molar refractivity (Wildman–Crippen MR) is 61.7 cm³/mol. The molecule has 0 bridgehead atoms. The van der Waals surface area contributed by atoms with Crippen molar-refractivity contribution in [1.82, 2.24) is 20.4 Å². The van der Waals surface area contributed by atoms with Gasteiger partial charge in [0.25, 0.3) is 0 Å². The molecule has 2 unspecified atom stereocenters. The van der Waals surface area contributed by atoms with Gasteiger partial charge >= 0.3 is 12.0 Å². The van der Waals surface area contributed by atoms with Crippen molar-refractivity contribution >= 4 is 23.8 Å². The first kappa shape index (κ1) is 12.7. The molecule has 1 aliphatic rings. The van der Waals surface area contributed by atoms with Gasteiger partial charge < -0.3 is 14.9 Å². The number of thioether (sulfide) groups is 1. The van der Waals surface area contributed by atoms with E-state index in [4.69, 9.17) is 5.11 Å². The first-order chi connectivity index (χ1) is 8.59. The van der Waals surface area contributed by atoms with Gasteiger partial charge in [-0.3, -0.25) is 4.90 Å². The molecule has 2 amide bonds. The van der Waals surface area contributed by atoms with Crippen LogP contribution in [0.5, 0.6) is 0 Å². The monoisotopic (exact) mass is 272 g/mol. The van der Waals surface area contributed by atoms with Gasteiger partial charge in [0, 0.05) is 5.75 Å². The number of amides is 2. The Bertz CT molecular complexity index is 438. The molecule has 0 aliphatic carbocycles. The maximum atomic E-state index is 11.9. The number of rotatable bonds is 3. The molecular formula is C9H12N4O4S. The van der Waals surface area contributed by atoms with Gasteiger partial charge in [0.15, 0.2) is 5.82 Å². The topological polar surface area (TPSA) is 109 Å². The lowest BCUT2D eigenvalue weighted by atomic mass is 10.3. The molecule has 2 N–H and O–H groups in total. The predicted octanol–water partition coefficient (Wildman–Crippen LogP) is 0.127. The maximum absolute atomic E-state index is 11.9. The number of nitrogens with zero attached hydrogens (tertiary/aromatic N) is 3. The average Bonchev–Trinajstić information content (AvgIpc) is 2.94. The summed E-state index contributed by atoms with van der Waals surface area (Å²) in [5, 5.41) is 15.0. The molecule has 1 aromatic heterocycles. The lowest BCUT2D eigenvalue weighted by molar-refractivity contribution is -0.141. The summed E-state index contributed by atoms with van der Waals surface area (Å²) in [6.07, 6.45) is 1.16. The van der Waals surface area contributed by atoms with Crippen molar-refractivity contribution < 1.29 is 19.2 Å². The van der Waals surface area contributed by atoms with Gasteiger partial charge in [-0.1, -0.05) is 5.16 Å². The van der Waals surface area contributed by atoms with Gasteiger partial charge in [-0.25, -0.2) is 9.59 Å². The molecule has 8 nitrogen and oxygen atoms in total. The molecule has 1 fully saturated rings. The Morgan fingerprint density at radius 2 is 2.50 bits per heavy atom. The molecule has 0 spiro atoms. The third-order valence-electron chi connectivity index (χ3n) is 2.55. The van der Waals surface area contributed by atoms with E-state index in [2.05, 4.69) is 20.0 Å². The summed E-state index contributed by atoms with van der Waals surface area (Å²) in [7, 11) is 0. The van der Waals surface area contributed by atoms with Crippen molar-refractivity contribution in [1.29, 1.82) is 0 Å². The first-order valence-electron chi connectivity index (χ1n) is 5.25. The average molecular weight is 272 g/mol. The summed E-state index contributed by atoms with van der Waals surface area (Å²) >= 11 is 1.43. The van der Waals surface area contributed by atoms with Crippen molar-refractivity contribution in [2.45, 2.75) is 24.9 Å². The van der Waals surface area contributed by atoms with Crippen LogP contribution in [0, 0.1) is 0 Å². The Morgan fingerprint density at radius 1 is 1.72 bits per heavy atom. The van der Waals surface area contributed by atoms with Crippen molar-refractivity contribution in [2.24, 2.45) is 0 Å². The standard InChI is InChI=1S/C9H12N4O4S/c1-5-13(6(3-18-5)8(14)15)9(16)10-2-7-11-4-17-12-7/h4-6H,2-3H2,1H3,(H,10,16)(H,14,15). The zero-order valence-corrected chi connectivity index (χ0v) is 10.4. The summed E-state index contributed by atoms with van der Waals surface area (Å²) in [6, 6.07) is -1.24. The molecule has 2 heterocycles. The number of urea groups is 1. The van der Waals surface area contributed by atoms with Crippen LogP contribution in [0.4, 0.5) is 4.79 Å². The number of carboxylic acid groups (broad SMARTS) is 1. The van der Waals surface area contributed by atoms with Crippen LogP contribution in [0.15, 0.2) is 10.9 Å². The smallest absolute Gasteiger partial charge is 0.327 e. The van der Waals surface area contributed by atoms with Crippen LogP contribution in [0.3, 0.4) is 0 Å². The van der Waals surface area contributed by atoms with E-state index in [1.54, 1.807) is 6.92 Å². The molecule has 0 saturated carbocycles. The minimum atomic E-state index is -0.999. The fourth-order valence-electron chi connectivity index (χ4n) is 1.66. The minimum absolute atomic E-state index is 0.107. The Kier molecular flexibility index (Phi) is 3.70. The third kappa shape index (κ3) is 2.55. The fourth-order valence-corrected chi connectivity index (χ4v) is 2.82. The molecule has 0 radical (unpaired) electrons. The molecule has 1 aliphatic heterocycles. The second-order valence-corrected chi connectivity index (χ2v) is 5.05. The molecule has 2 rings (SSSR count). The molecule has 1 saturated heterocycles. The Balaban J connectivity index is 1.96. The number of hydrogen-bond acceptors (Lipinski definition) is 6. The van der Waals surface area contributed by atoms with Crippen LogP contribution in [0.2, 0.25) is 0 Å². The zero-order chi connectivity index (χ0) is 13.1. The van der Waals surface area contributed by atoms with Gasteiger partial charge in [-0.15, -0.1) is 11.8 Å². The minimum Gasteiger partial charge on any atom is -0.480 e. The highest BCUT2D eigenvalue weighted by atomic mass is 32.2. The van der Waals surface area contributed by atoms with E-state index in [0.29, 0.717) is 11.6 Å². The highest BCUT2D eigenvalue weighted by molar-refractivity contribution is 8.00. The summed E-state index contributed by atoms with van der Waals surface area (Å²) < 4.78 is 4.53. The van der Waals surface area contributed by atoms with Gasteiger partial charge in [-0.05, 0) is 6.92 Å². The molecule has 9 heteroatoms. The van der Waals surface area contributed by atoms with E-state index < -0.39 is 18.0 Å². The third-order valence-corrected chi connectivity index (χ3v) is 3.76. The van der Waals surface area contributed by atoms with E-state index in [1.807, 2.05) is 0 Å². The summed E-state index contributed by atoms with van der Waals surface area (Å²) in [6.45, 7) is 1.90. The van der Waals surface area contributed by atoms with Crippen LogP contribution in [0.25, 0.3) is 0 Å². The highest BCUT2D eigenvalue weighted by Gasteiger charge is 2.39. The molecule has 98 valence electrons. The first-order valence-corrected chi connectivity index (χ1v) is 6.30. The molecule has 2 atom stereocenters. The lowest BCUT2D eigenvalue weighted by Crippen LogP contribution is -2.49.